The van der Waals surface area contributed by atoms with Crippen LogP contribution in [-0.4, -0.2) is 57.7 Å². The van der Waals surface area contributed by atoms with Crippen LogP contribution in [-0.2, 0) is 4.74 Å². The zero-order chi connectivity index (χ0) is 23.5. The summed E-state index contributed by atoms with van der Waals surface area (Å²) in [4.78, 5) is 23.7. The van der Waals surface area contributed by atoms with Gasteiger partial charge in [0.25, 0.3) is 5.91 Å². The molecule has 0 bridgehead atoms. The number of fused-ring (bicyclic) bond motifs is 1. The fraction of sp³-hybridized carbons (Fsp3) is 0.269. The molecule has 174 valence electrons. The molecule has 1 amide bonds. The van der Waals surface area contributed by atoms with Gasteiger partial charge in [-0.25, -0.2) is 4.98 Å². The number of benzene rings is 2. The third kappa shape index (κ3) is 4.72. The van der Waals surface area contributed by atoms with Gasteiger partial charge in [-0.1, -0.05) is 0 Å². The van der Waals surface area contributed by atoms with Gasteiger partial charge < -0.3 is 24.3 Å². The van der Waals surface area contributed by atoms with E-state index in [1.54, 1.807) is 6.20 Å². The van der Waals surface area contributed by atoms with E-state index in [0.717, 1.165) is 28.2 Å². The van der Waals surface area contributed by atoms with Crippen LogP contribution in [0.25, 0.3) is 16.7 Å². The van der Waals surface area contributed by atoms with E-state index in [1.165, 1.54) is 0 Å². The maximum Gasteiger partial charge on any atom is 0.254 e. The molecule has 1 N–H and O–H groups in total. The Morgan fingerprint density at radius 1 is 1.03 bits per heavy atom. The Morgan fingerprint density at radius 3 is 2.47 bits per heavy atom. The Labute approximate surface area is 198 Å². The number of rotatable bonds is 6. The van der Waals surface area contributed by atoms with Gasteiger partial charge in [-0.2, -0.15) is 4.98 Å². The summed E-state index contributed by atoms with van der Waals surface area (Å²) < 4.78 is 13.0. The molecule has 2 aromatic heterocycles. The standard InChI is InChI=1S/C26H27N5O3/c1-18(2)34-23-9-5-21(6-10-23)28-26-27-17-20-11-12-31(24(20)29-26)22-7-3-19(4-8-22)25(32)30-13-15-33-16-14-30/h3-12,17-18H,13-16H2,1-2H3,(H,27,28,29). The second-order valence-corrected chi connectivity index (χ2v) is 8.43. The van der Waals surface area contributed by atoms with Crippen LogP contribution >= 0.6 is 0 Å². The predicted molar refractivity (Wildman–Crippen MR) is 131 cm³/mol. The van der Waals surface area contributed by atoms with E-state index in [1.807, 2.05) is 84.1 Å². The van der Waals surface area contributed by atoms with E-state index >= 15 is 0 Å². The van der Waals surface area contributed by atoms with Crippen molar-refractivity contribution in [2.24, 2.45) is 0 Å². The Kier molecular flexibility index (Phi) is 6.14. The lowest BCUT2D eigenvalue weighted by Crippen LogP contribution is -2.40. The van der Waals surface area contributed by atoms with Gasteiger partial charge in [0.05, 0.1) is 19.3 Å². The van der Waals surface area contributed by atoms with Crippen LogP contribution in [0.15, 0.2) is 67.0 Å². The first kappa shape index (κ1) is 21.9. The highest BCUT2D eigenvalue weighted by Gasteiger charge is 2.18. The summed E-state index contributed by atoms with van der Waals surface area (Å²) in [6.45, 7) is 6.43. The van der Waals surface area contributed by atoms with Gasteiger partial charge in [0.2, 0.25) is 5.95 Å². The number of aromatic nitrogens is 3. The van der Waals surface area contributed by atoms with Crippen molar-refractivity contribution in [3.8, 4) is 11.4 Å². The number of amides is 1. The van der Waals surface area contributed by atoms with Gasteiger partial charge in [0, 0.05) is 47.8 Å². The average molecular weight is 458 g/mol. The first-order chi connectivity index (χ1) is 16.6. The molecule has 0 aliphatic carbocycles. The van der Waals surface area contributed by atoms with Gasteiger partial charge >= 0.3 is 0 Å². The molecule has 0 radical (unpaired) electrons. The summed E-state index contributed by atoms with van der Waals surface area (Å²) in [5.41, 5.74) is 3.25. The summed E-state index contributed by atoms with van der Waals surface area (Å²) in [7, 11) is 0. The molecule has 3 heterocycles. The maximum atomic E-state index is 12.7. The first-order valence-electron chi connectivity index (χ1n) is 11.4. The average Bonchev–Trinajstić information content (AvgIpc) is 3.28. The largest absolute Gasteiger partial charge is 0.491 e. The van der Waals surface area contributed by atoms with Gasteiger partial charge in [-0.3, -0.25) is 4.79 Å². The van der Waals surface area contributed by atoms with Crippen LogP contribution in [0.2, 0.25) is 0 Å². The molecule has 1 fully saturated rings. The highest BCUT2D eigenvalue weighted by atomic mass is 16.5. The van der Waals surface area contributed by atoms with Crippen molar-refractivity contribution < 1.29 is 14.3 Å². The van der Waals surface area contributed by atoms with Gasteiger partial charge in [0.1, 0.15) is 11.4 Å². The topological polar surface area (TPSA) is 81.5 Å². The molecule has 4 aromatic rings. The highest BCUT2D eigenvalue weighted by Crippen LogP contribution is 2.23. The van der Waals surface area contributed by atoms with Crippen LogP contribution in [0.4, 0.5) is 11.6 Å². The lowest BCUT2D eigenvalue weighted by atomic mass is 10.1. The zero-order valence-corrected chi connectivity index (χ0v) is 19.3. The van der Waals surface area contributed by atoms with E-state index in [9.17, 15) is 4.79 Å². The molecule has 0 unspecified atom stereocenters. The van der Waals surface area contributed by atoms with Crippen molar-refractivity contribution in [1.29, 1.82) is 0 Å². The SMILES string of the molecule is CC(C)Oc1ccc(Nc2ncc3ccn(-c4ccc(C(=O)N5CCOCC5)cc4)c3n2)cc1. The number of nitrogens with one attached hydrogen (secondary N) is 1. The third-order valence-corrected chi connectivity index (χ3v) is 5.60. The minimum absolute atomic E-state index is 0.0332. The second kappa shape index (κ2) is 9.52. The summed E-state index contributed by atoms with van der Waals surface area (Å²) in [6.07, 6.45) is 3.89. The number of hydrogen-bond donors (Lipinski definition) is 1. The van der Waals surface area contributed by atoms with Crippen LogP contribution in [0.1, 0.15) is 24.2 Å². The van der Waals surface area contributed by atoms with E-state index < -0.39 is 0 Å². The van der Waals surface area contributed by atoms with Crippen molar-refractivity contribution >= 4 is 28.6 Å². The fourth-order valence-corrected chi connectivity index (χ4v) is 3.92. The molecule has 1 saturated heterocycles. The molecule has 0 atom stereocenters. The normalized spacial score (nSPS) is 13.9. The maximum absolute atomic E-state index is 12.7. The molecule has 8 nitrogen and oxygen atoms in total. The lowest BCUT2D eigenvalue weighted by molar-refractivity contribution is 0.0303. The molecule has 1 aliphatic heterocycles. The summed E-state index contributed by atoms with van der Waals surface area (Å²) in [5, 5.41) is 4.18. The number of morpholine rings is 1. The summed E-state index contributed by atoms with van der Waals surface area (Å²) >= 11 is 0. The fourth-order valence-electron chi connectivity index (χ4n) is 3.92. The molecule has 8 heteroatoms. The minimum Gasteiger partial charge on any atom is -0.491 e. The Bertz CT molecular complexity index is 1280. The number of carbonyl (C=O) groups is 1. The van der Waals surface area contributed by atoms with Crippen molar-refractivity contribution in [2.45, 2.75) is 20.0 Å². The van der Waals surface area contributed by atoms with Crippen LogP contribution in [0, 0.1) is 0 Å². The van der Waals surface area contributed by atoms with E-state index in [-0.39, 0.29) is 12.0 Å². The highest BCUT2D eigenvalue weighted by molar-refractivity contribution is 5.94. The van der Waals surface area contributed by atoms with E-state index in [0.29, 0.717) is 37.8 Å². The number of anilines is 2. The Balaban J connectivity index is 1.35. The molecule has 34 heavy (non-hydrogen) atoms. The lowest BCUT2D eigenvalue weighted by Gasteiger charge is -2.26. The molecular formula is C26H27N5O3. The molecule has 5 rings (SSSR count). The molecule has 0 saturated carbocycles. The minimum atomic E-state index is 0.0332. The first-order valence-corrected chi connectivity index (χ1v) is 11.4. The molecular weight excluding hydrogens is 430 g/mol. The number of carbonyl (C=O) groups excluding carboxylic acids is 1. The molecule has 1 aliphatic rings. The Hall–Kier alpha value is -3.91. The number of hydrogen-bond acceptors (Lipinski definition) is 6. The van der Waals surface area contributed by atoms with Crippen molar-refractivity contribution in [3.05, 3.63) is 72.6 Å². The second-order valence-electron chi connectivity index (χ2n) is 8.43. The smallest absolute Gasteiger partial charge is 0.254 e. The van der Waals surface area contributed by atoms with Gasteiger partial charge in [0.15, 0.2) is 0 Å². The van der Waals surface area contributed by atoms with Crippen LogP contribution in [0.5, 0.6) is 5.75 Å². The zero-order valence-electron chi connectivity index (χ0n) is 19.3. The van der Waals surface area contributed by atoms with Gasteiger partial charge in [-0.05, 0) is 68.4 Å². The molecule has 2 aromatic carbocycles. The van der Waals surface area contributed by atoms with Crippen molar-refractivity contribution in [1.82, 2.24) is 19.4 Å². The van der Waals surface area contributed by atoms with E-state index in [4.69, 9.17) is 14.5 Å². The number of ether oxygens (including phenoxy) is 2. The van der Waals surface area contributed by atoms with E-state index in [2.05, 4.69) is 10.3 Å². The number of nitrogens with zero attached hydrogens (tertiary/aromatic N) is 4. The predicted octanol–water partition coefficient (Wildman–Crippen LogP) is 4.42. The van der Waals surface area contributed by atoms with Gasteiger partial charge in [-0.15, -0.1) is 0 Å². The summed E-state index contributed by atoms with van der Waals surface area (Å²) in [6, 6.07) is 17.3. The Morgan fingerprint density at radius 2 is 1.76 bits per heavy atom. The van der Waals surface area contributed by atoms with Crippen LogP contribution in [0.3, 0.4) is 0 Å². The van der Waals surface area contributed by atoms with Crippen molar-refractivity contribution in [2.75, 3.05) is 31.6 Å². The van der Waals surface area contributed by atoms with Crippen molar-refractivity contribution in [3.63, 3.8) is 0 Å². The monoisotopic (exact) mass is 457 g/mol. The summed E-state index contributed by atoms with van der Waals surface area (Å²) in [5.74, 6) is 1.36. The van der Waals surface area contributed by atoms with Crippen LogP contribution < -0.4 is 10.1 Å². The third-order valence-electron chi connectivity index (χ3n) is 5.60. The quantitative estimate of drug-likeness (QED) is 0.462. The molecule has 0 spiro atoms.